The number of hydrogen-bond donors (Lipinski definition) is 1. The van der Waals surface area contributed by atoms with Gasteiger partial charge in [-0.2, -0.15) is 0 Å². The van der Waals surface area contributed by atoms with Crippen LogP contribution in [0.3, 0.4) is 0 Å². The molecule has 1 aromatic heterocycles. The molecule has 1 aromatic carbocycles. The topological polar surface area (TPSA) is 59.5 Å². The summed E-state index contributed by atoms with van der Waals surface area (Å²) in [4.78, 5) is 11.1. The quantitative estimate of drug-likeness (QED) is 0.919. The molecule has 1 atom stereocenters. The van der Waals surface area contributed by atoms with Crippen LogP contribution in [0.15, 0.2) is 18.5 Å². The zero-order chi connectivity index (χ0) is 14.8. The van der Waals surface area contributed by atoms with Crippen molar-refractivity contribution in [3.63, 3.8) is 0 Å². The Bertz CT molecular complexity index is 647. The zero-order valence-electron chi connectivity index (χ0n) is 12.6. The minimum Gasteiger partial charge on any atom is -0.493 e. The van der Waals surface area contributed by atoms with E-state index in [9.17, 15) is 0 Å². The predicted octanol–water partition coefficient (Wildman–Crippen LogP) is 1.45. The molecular weight excluding hydrogens is 268 g/mol. The van der Waals surface area contributed by atoms with Gasteiger partial charge in [-0.05, 0) is 19.5 Å². The van der Waals surface area contributed by atoms with Crippen molar-refractivity contribution >= 4 is 16.7 Å². The molecule has 3 rings (SSSR count). The van der Waals surface area contributed by atoms with Crippen LogP contribution in [0.2, 0.25) is 0 Å². The Morgan fingerprint density at radius 1 is 1.19 bits per heavy atom. The van der Waals surface area contributed by atoms with E-state index in [1.54, 1.807) is 20.5 Å². The SMILES string of the molecule is CNC1CCN(c2ncnc3cc(OC)c(OC)cc23)C1. The first-order chi connectivity index (χ1) is 10.3. The third-order valence-corrected chi connectivity index (χ3v) is 4.02. The molecule has 0 amide bonds. The molecule has 0 aliphatic carbocycles. The number of aromatic nitrogens is 2. The van der Waals surface area contributed by atoms with E-state index < -0.39 is 0 Å². The Hall–Kier alpha value is -2.08. The second-order valence-electron chi connectivity index (χ2n) is 5.14. The summed E-state index contributed by atoms with van der Waals surface area (Å²) in [5.41, 5.74) is 0.866. The average molecular weight is 288 g/mol. The first kappa shape index (κ1) is 13.9. The highest BCUT2D eigenvalue weighted by atomic mass is 16.5. The monoisotopic (exact) mass is 288 g/mol. The van der Waals surface area contributed by atoms with E-state index in [0.717, 1.165) is 36.2 Å². The van der Waals surface area contributed by atoms with Crippen molar-refractivity contribution in [3.05, 3.63) is 18.5 Å². The van der Waals surface area contributed by atoms with Crippen molar-refractivity contribution in [3.8, 4) is 11.5 Å². The van der Waals surface area contributed by atoms with Gasteiger partial charge in [0.25, 0.3) is 0 Å². The predicted molar refractivity (Wildman–Crippen MR) is 82.3 cm³/mol. The summed E-state index contributed by atoms with van der Waals surface area (Å²) in [7, 11) is 5.27. The lowest BCUT2D eigenvalue weighted by atomic mass is 10.2. The second kappa shape index (κ2) is 5.73. The lowest BCUT2D eigenvalue weighted by Crippen LogP contribution is -2.30. The number of methoxy groups -OCH3 is 2. The van der Waals surface area contributed by atoms with Crippen LogP contribution in [-0.4, -0.2) is 50.4 Å². The van der Waals surface area contributed by atoms with E-state index in [1.165, 1.54) is 0 Å². The van der Waals surface area contributed by atoms with E-state index >= 15 is 0 Å². The second-order valence-corrected chi connectivity index (χ2v) is 5.14. The molecule has 0 saturated carbocycles. The van der Waals surface area contributed by atoms with E-state index in [0.29, 0.717) is 17.5 Å². The number of benzene rings is 1. The maximum atomic E-state index is 5.39. The highest BCUT2D eigenvalue weighted by Gasteiger charge is 2.24. The fourth-order valence-corrected chi connectivity index (χ4v) is 2.81. The molecule has 0 spiro atoms. The van der Waals surface area contributed by atoms with Gasteiger partial charge in [0.05, 0.1) is 19.7 Å². The maximum Gasteiger partial charge on any atom is 0.162 e. The summed E-state index contributed by atoms with van der Waals surface area (Å²) in [6, 6.07) is 4.36. The van der Waals surface area contributed by atoms with Gasteiger partial charge in [-0.25, -0.2) is 9.97 Å². The molecule has 6 heteroatoms. The third-order valence-electron chi connectivity index (χ3n) is 4.02. The van der Waals surface area contributed by atoms with Gasteiger partial charge < -0.3 is 19.7 Å². The Kier molecular flexibility index (Phi) is 3.79. The minimum absolute atomic E-state index is 0.509. The third kappa shape index (κ3) is 2.47. The largest absolute Gasteiger partial charge is 0.493 e. The summed E-state index contributed by atoms with van der Waals surface area (Å²) in [6.45, 7) is 1.95. The van der Waals surface area contributed by atoms with E-state index in [-0.39, 0.29) is 0 Å². The van der Waals surface area contributed by atoms with E-state index in [4.69, 9.17) is 9.47 Å². The van der Waals surface area contributed by atoms with E-state index in [1.807, 2.05) is 19.2 Å². The lowest BCUT2D eigenvalue weighted by Gasteiger charge is -2.19. The average Bonchev–Trinajstić information content (AvgIpc) is 3.01. The first-order valence-electron chi connectivity index (χ1n) is 7.05. The molecule has 1 aliphatic heterocycles. The summed E-state index contributed by atoms with van der Waals surface area (Å²) in [5, 5.41) is 4.32. The molecule has 21 heavy (non-hydrogen) atoms. The van der Waals surface area contributed by atoms with Crippen LogP contribution in [0.5, 0.6) is 11.5 Å². The van der Waals surface area contributed by atoms with Gasteiger partial charge in [-0.15, -0.1) is 0 Å². The number of fused-ring (bicyclic) bond motifs is 1. The number of anilines is 1. The molecule has 1 saturated heterocycles. The van der Waals surface area contributed by atoms with Crippen molar-refractivity contribution < 1.29 is 9.47 Å². The number of nitrogens with one attached hydrogen (secondary N) is 1. The van der Waals surface area contributed by atoms with Gasteiger partial charge in [-0.1, -0.05) is 0 Å². The van der Waals surface area contributed by atoms with Gasteiger partial charge in [-0.3, -0.25) is 0 Å². The van der Waals surface area contributed by atoms with Gasteiger partial charge in [0.15, 0.2) is 11.5 Å². The van der Waals surface area contributed by atoms with Crippen LogP contribution in [0.4, 0.5) is 5.82 Å². The standard InChI is InChI=1S/C15H20N4O2/c1-16-10-4-5-19(8-10)15-11-6-13(20-2)14(21-3)7-12(11)17-9-18-15/h6-7,9-10,16H,4-5,8H2,1-3H3. The zero-order valence-corrected chi connectivity index (χ0v) is 12.6. The normalized spacial score (nSPS) is 18.2. The fraction of sp³-hybridized carbons (Fsp3) is 0.467. The highest BCUT2D eigenvalue weighted by Crippen LogP contribution is 2.35. The number of rotatable bonds is 4. The first-order valence-corrected chi connectivity index (χ1v) is 7.05. The summed E-state index contributed by atoms with van der Waals surface area (Å²) >= 11 is 0. The molecule has 1 N–H and O–H groups in total. The summed E-state index contributed by atoms with van der Waals surface area (Å²) in [6.07, 6.45) is 2.73. The number of likely N-dealkylation sites (N-methyl/N-ethyl adjacent to an activating group) is 1. The molecule has 6 nitrogen and oxygen atoms in total. The smallest absolute Gasteiger partial charge is 0.162 e. The maximum absolute atomic E-state index is 5.39. The van der Waals surface area contributed by atoms with Crippen LogP contribution in [0, 0.1) is 0 Å². The van der Waals surface area contributed by atoms with Crippen LogP contribution in [-0.2, 0) is 0 Å². The molecule has 1 unspecified atom stereocenters. The molecule has 0 radical (unpaired) electrons. The fourth-order valence-electron chi connectivity index (χ4n) is 2.81. The number of hydrogen-bond acceptors (Lipinski definition) is 6. The number of ether oxygens (including phenoxy) is 2. The van der Waals surface area contributed by atoms with Gasteiger partial charge in [0.1, 0.15) is 12.1 Å². The molecular formula is C15H20N4O2. The van der Waals surface area contributed by atoms with Gasteiger partial charge in [0.2, 0.25) is 0 Å². The van der Waals surface area contributed by atoms with Crippen molar-refractivity contribution in [2.24, 2.45) is 0 Å². The minimum atomic E-state index is 0.509. The highest BCUT2D eigenvalue weighted by molar-refractivity contribution is 5.92. The molecule has 1 fully saturated rings. The van der Waals surface area contributed by atoms with Crippen molar-refractivity contribution in [1.82, 2.24) is 15.3 Å². The Morgan fingerprint density at radius 3 is 2.62 bits per heavy atom. The molecule has 1 aliphatic rings. The molecule has 2 aromatic rings. The van der Waals surface area contributed by atoms with Gasteiger partial charge in [0, 0.05) is 30.6 Å². The van der Waals surface area contributed by atoms with Crippen LogP contribution >= 0.6 is 0 Å². The molecule has 0 bridgehead atoms. The molecule has 2 heterocycles. The van der Waals surface area contributed by atoms with Crippen LogP contribution < -0.4 is 19.7 Å². The summed E-state index contributed by atoms with van der Waals surface area (Å²) < 4.78 is 10.7. The molecule has 112 valence electrons. The Labute approximate surface area is 124 Å². The van der Waals surface area contributed by atoms with Crippen molar-refractivity contribution in [2.45, 2.75) is 12.5 Å². The van der Waals surface area contributed by atoms with Gasteiger partial charge >= 0.3 is 0 Å². The van der Waals surface area contributed by atoms with Crippen LogP contribution in [0.25, 0.3) is 10.9 Å². The summed E-state index contributed by atoms with van der Waals surface area (Å²) in [5.74, 6) is 2.34. The van der Waals surface area contributed by atoms with Crippen molar-refractivity contribution in [2.75, 3.05) is 39.3 Å². The number of nitrogens with zero attached hydrogens (tertiary/aromatic N) is 3. The Morgan fingerprint density at radius 2 is 1.95 bits per heavy atom. The van der Waals surface area contributed by atoms with E-state index in [2.05, 4.69) is 20.2 Å². The van der Waals surface area contributed by atoms with Crippen molar-refractivity contribution in [1.29, 1.82) is 0 Å². The van der Waals surface area contributed by atoms with Crippen LogP contribution in [0.1, 0.15) is 6.42 Å². The lowest BCUT2D eigenvalue weighted by molar-refractivity contribution is 0.356. The Balaban J connectivity index is 2.07.